The second-order valence-electron chi connectivity index (χ2n) is 5.49. The highest BCUT2D eigenvalue weighted by atomic mass is 32.1. The number of benzene rings is 1. The molecule has 2 heterocycles. The topological polar surface area (TPSA) is 52.8 Å². The molecule has 0 N–H and O–H groups in total. The first-order chi connectivity index (χ1) is 11.8. The average Bonchev–Trinajstić information content (AvgIpc) is 3.07. The zero-order valence-electron chi connectivity index (χ0n) is 13.4. The highest BCUT2D eigenvalue weighted by molar-refractivity contribution is 7.17. The van der Waals surface area contributed by atoms with Gasteiger partial charge in [0.25, 0.3) is 0 Å². The molecule has 1 unspecified atom stereocenters. The lowest BCUT2D eigenvalue weighted by Crippen LogP contribution is -2.25. The van der Waals surface area contributed by atoms with Crippen molar-refractivity contribution in [2.75, 3.05) is 11.9 Å². The molecule has 0 aliphatic carbocycles. The summed E-state index contributed by atoms with van der Waals surface area (Å²) in [4.78, 5) is 9.97. The van der Waals surface area contributed by atoms with Crippen LogP contribution in [-0.2, 0) is 6.18 Å². The molecule has 1 atom stereocenters. The fraction of sp³-hybridized carbons (Fsp3) is 0.235. The molecule has 3 rings (SSSR count). The Morgan fingerprint density at radius 3 is 2.60 bits per heavy atom. The van der Waals surface area contributed by atoms with Crippen LogP contribution < -0.4 is 4.90 Å². The normalized spacial score (nSPS) is 12.8. The van der Waals surface area contributed by atoms with E-state index >= 15 is 0 Å². The number of alkyl halides is 3. The largest absolute Gasteiger partial charge is 0.416 e. The van der Waals surface area contributed by atoms with Crippen molar-refractivity contribution in [3.05, 3.63) is 52.7 Å². The molecule has 128 valence electrons. The van der Waals surface area contributed by atoms with E-state index in [1.54, 1.807) is 31.0 Å². The maximum absolute atomic E-state index is 13.3. The number of halogens is 3. The SMILES string of the molecule is CC(c1ccccc1C(F)(F)F)N(C)c1nc(C#N)nc2ccsc12. The molecule has 0 aliphatic rings. The van der Waals surface area contributed by atoms with Crippen molar-refractivity contribution in [2.24, 2.45) is 0 Å². The lowest BCUT2D eigenvalue weighted by atomic mass is 10.00. The monoisotopic (exact) mass is 362 g/mol. The summed E-state index contributed by atoms with van der Waals surface area (Å²) in [6.07, 6.45) is -4.44. The fourth-order valence-electron chi connectivity index (χ4n) is 2.65. The fourth-order valence-corrected chi connectivity index (χ4v) is 3.51. The van der Waals surface area contributed by atoms with Crippen LogP contribution >= 0.6 is 11.3 Å². The number of nitriles is 1. The third kappa shape index (κ3) is 3.15. The van der Waals surface area contributed by atoms with Crippen LogP contribution in [0.3, 0.4) is 0 Å². The number of hydrogen-bond acceptors (Lipinski definition) is 5. The van der Waals surface area contributed by atoms with Crippen molar-refractivity contribution < 1.29 is 13.2 Å². The second-order valence-corrected chi connectivity index (χ2v) is 6.41. The van der Waals surface area contributed by atoms with Gasteiger partial charge in [0, 0.05) is 7.05 Å². The summed E-state index contributed by atoms with van der Waals surface area (Å²) in [6, 6.07) is 8.54. The van der Waals surface area contributed by atoms with Crippen molar-refractivity contribution in [3.63, 3.8) is 0 Å². The van der Waals surface area contributed by atoms with Gasteiger partial charge in [-0.25, -0.2) is 9.97 Å². The molecule has 8 heteroatoms. The smallest absolute Gasteiger partial charge is 0.352 e. The Bertz CT molecular complexity index is 958. The van der Waals surface area contributed by atoms with E-state index in [0.29, 0.717) is 11.3 Å². The lowest BCUT2D eigenvalue weighted by molar-refractivity contribution is -0.138. The molecule has 1 aromatic carbocycles. The first kappa shape index (κ1) is 17.2. The predicted molar refractivity (Wildman–Crippen MR) is 90.4 cm³/mol. The van der Waals surface area contributed by atoms with Crippen LogP contribution in [0.4, 0.5) is 19.0 Å². The molecule has 0 spiro atoms. The number of thiophene rings is 1. The zero-order valence-corrected chi connectivity index (χ0v) is 14.2. The van der Waals surface area contributed by atoms with E-state index in [1.807, 2.05) is 11.4 Å². The van der Waals surface area contributed by atoms with Crippen LogP contribution in [0.15, 0.2) is 35.7 Å². The number of hydrogen-bond donors (Lipinski definition) is 0. The van der Waals surface area contributed by atoms with Gasteiger partial charge in [-0.2, -0.15) is 18.4 Å². The molecule has 2 aromatic heterocycles. The summed E-state index contributed by atoms with van der Waals surface area (Å²) >= 11 is 1.39. The lowest BCUT2D eigenvalue weighted by Gasteiger charge is -2.28. The third-order valence-corrected chi connectivity index (χ3v) is 4.92. The van der Waals surface area contributed by atoms with Gasteiger partial charge in [0.05, 0.1) is 21.8 Å². The molecular formula is C17H13F3N4S. The summed E-state index contributed by atoms with van der Waals surface area (Å²) in [6.45, 7) is 1.68. The minimum absolute atomic E-state index is 0.0101. The van der Waals surface area contributed by atoms with Crippen molar-refractivity contribution >= 4 is 27.4 Å². The number of nitrogens with zero attached hydrogens (tertiary/aromatic N) is 4. The Hall–Kier alpha value is -2.66. The number of anilines is 1. The minimum Gasteiger partial charge on any atom is -0.352 e. The number of aromatic nitrogens is 2. The Morgan fingerprint density at radius 2 is 1.92 bits per heavy atom. The Kier molecular flexibility index (Phi) is 4.35. The average molecular weight is 362 g/mol. The molecule has 0 aliphatic heterocycles. The number of rotatable bonds is 3. The van der Waals surface area contributed by atoms with Gasteiger partial charge in [-0.1, -0.05) is 18.2 Å². The quantitative estimate of drug-likeness (QED) is 0.673. The van der Waals surface area contributed by atoms with Gasteiger partial charge in [0.1, 0.15) is 6.07 Å². The second kappa shape index (κ2) is 6.33. The van der Waals surface area contributed by atoms with Crippen LogP contribution in [0.1, 0.15) is 29.9 Å². The Labute approximate surface area is 146 Å². The minimum atomic E-state index is -4.44. The maximum atomic E-state index is 13.3. The zero-order chi connectivity index (χ0) is 18.2. The van der Waals surface area contributed by atoms with E-state index in [-0.39, 0.29) is 11.4 Å². The highest BCUT2D eigenvalue weighted by Crippen LogP contribution is 2.38. The summed E-state index contributed by atoms with van der Waals surface area (Å²) in [5, 5.41) is 10.9. The molecule has 25 heavy (non-hydrogen) atoms. The van der Waals surface area contributed by atoms with Crippen LogP contribution in [-0.4, -0.2) is 17.0 Å². The van der Waals surface area contributed by atoms with Crippen molar-refractivity contribution in [2.45, 2.75) is 19.1 Å². The van der Waals surface area contributed by atoms with Crippen molar-refractivity contribution in [1.82, 2.24) is 9.97 Å². The summed E-state index contributed by atoms with van der Waals surface area (Å²) in [5.74, 6) is 0.435. The van der Waals surface area contributed by atoms with E-state index in [0.717, 1.165) is 10.8 Å². The van der Waals surface area contributed by atoms with E-state index in [1.165, 1.54) is 23.5 Å². The molecule has 0 bridgehead atoms. The molecule has 3 aromatic rings. The van der Waals surface area contributed by atoms with Crippen LogP contribution in [0.2, 0.25) is 0 Å². The van der Waals surface area contributed by atoms with Gasteiger partial charge in [0.15, 0.2) is 5.82 Å². The Morgan fingerprint density at radius 1 is 1.20 bits per heavy atom. The summed E-state index contributed by atoms with van der Waals surface area (Å²) in [5.41, 5.74) is 0.0837. The molecule has 4 nitrogen and oxygen atoms in total. The molecule has 0 radical (unpaired) electrons. The number of fused-ring (bicyclic) bond motifs is 1. The van der Waals surface area contributed by atoms with Gasteiger partial charge in [0.2, 0.25) is 5.82 Å². The van der Waals surface area contributed by atoms with Crippen molar-refractivity contribution in [3.8, 4) is 6.07 Å². The molecule has 0 amide bonds. The first-order valence-corrected chi connectivity index (χ1v) is 8.25. The molecule has 0 saturated heterocycles. The van der Waals surface area contributed by atoms with Crippen LogP contribution in [0.25, 0.3) is 10.2 Å². The van der Waals surface area contributed by atoms with Gasteiger partial charge in [-0.15, -0.1) is 11.3 Å². The predicted octanol–water partition coefficient (Wildman–Crippen LogP) is 4.78. The van der Waals surface area contributed by atoms with Gasteiger partial charge in [-0.3, -0.25) is 0 Å². The van der Waals surface area contributed by atoms with E-state index < -0.39 is 17.8 Å². The van der Waals surface area contributed by atoms with Crippen LogP contribution in [0.5, 0.6) is 0 Å². The van der Waals surface area contributed by atoms with Gasteiger partial charge >= 0.3 is 6.18 Å². The third-order valence-electron chi connectivity index (χ3n) is 4.02. The Balaban J connectivity index is 2.10. The van der Waals surface area contributed by atoms with Gasteiger partial charge in [-0.05, 0) is 30.0 Å². The summed E-state index contributed by atoms with van der Waals surface area (Å²) in [7, 11) is 1.67. The van der Waals surface area contributed by atoms with E-state index in [2.05, 4.69) is 9.97 Å². The molecule has 0 saturated carbocycles. The van der Waals surface area contributed by atoms with E-state index in [4.69, 9.17) is 5.26 Å². The maximum Gasteiger partial charge on any atom is 0.416 e. The van der Waals surface area contributed by atoms with E-state index in [9.17, 15) is 13.2 Å². The van der Waals surface area contributed by atoms with Gasteiger partial charge < -0.3 is 4.90 Å². The summed E-state index contributed by atoms with van der Waals surface area (Å²) < 4.78 is 40.7. The molecular weight excluding hydrogens is 349 g/mol. The standard InChI is InChI=1S/C17H13F3N4S/c1-10(11-5-3-4-6-12(11)17(18,19)20)24(2)16-15-13(7-8-25-15)22-14(9-21)23-16/h3-8,10H,1-2H3. The molecule has 0 fully saturated rings. The first-order valence-electron chi connectivity index (χ1n) is 7.37. The van der Waals surface area contributed by atoms with Crippen molar-refractivity contribution in [1.29, 1.82) is 5.26 Å². The van der Waals surface area contributed by atoms with Crippen LogP contribution in [0, 0.1) is 11.3 Å². The highest BCUT2D eigenvalue weighted by Gasteiger charge is 2.35.